The Morgan fingerprint density at radius 1 is 1.30 bits per heavy atom. The van der Waals surface area contributed by atoms with Crippen molar-refractivity contribution in [2.45, 2.75) is 39.7 Å². The lowest BCUT2D eigenvalue weighted by molar-refractivity contribution is -0.123. The summed E-state index contributed by atoms with van der Waals surface area (Å²) in [5.74, 6) is 1.54. The summed E-state index contributed by atoms with van der Waals surface area (Å²) in [6, 6.07) is 7.47. The number of amides is 2. The van der Waals surface area contributed by atoms with E-state index in [1.165, 1.54) is 12.8 Å². The van der Waals surface area contributed by atoms with Gasteiger partial charge in [-0.25, -0.2) is 0 Å². The van der Waals surface area contributed by atoms with Crippen LogP contribution in [0.1, 0.15) is 38.7 Å². The minimum Gasteiger partial charge on any atom is -0.484 e. The molecule has 1 heterocycles. The van der Waals surface area contributed by atoms with Crippen LogP contribution >= 0.6 is 12.4 Å². The number of ether oxygens (including phenoxy) is 1. The lowest BCUT2D eigenvalue weighted by Crippen LogP contribution is -2.35. The normalized spacial score (nSPS) is 17.3. The minimum atomic E-state index is -0.141. The summed E-state index contributed by atoms with van der Waals surface area (Å²) in [7, 11) is 0. The molecule has 0 spiro atoms. The fraction of sp³-hybridized carbons (Fsp3) is 0.600. The van der Waals surface area contributed by atoms with Crippen molar-refractivity contribution < 1.29 is 14.3 Å². The van der Waals surface area contributed by atoms with Crippen LogP contribution < -0.4 is 20.7 Å². The van der Waals surface area contributed by atoms with Crippen molar-refractivity contribution in [3.8, 4) is 5.75 Å². The molecule has 1 aromatic carbocycles. The highest BCUT2D eigenvalue weighted by Crippen LogP contribution is 2.22. The van der Waals surface area contributed by atoms with Gasteiger partial charge >= 0.3 is 0 Å². The van der Waals surface area contributed by atoms with E-state index >= 15 is 0 Å². The maximum Gasteiger partial charge on any atom is 0.257 e. The SMILES string of the molecule is CCNC(=O)COc1cccc(CNC(=O)CC(C)C2CCCNC2)c1.Cl. The van der Waals surface area contributed by atoms with Crippen LogP contribution in [0.25, 0.3) is 0 Å². The first-order valence-corrected chi connectivity index (χ1v) is 9.54. The highest BCUT2D eigenvalue weighted by molar-refractivity contribution is 5.85. The van der Waals surface area contributed by atoms with Gasteiger partial charge in [-0.1, -0.05) is 19.1 Å². The predicted octanol–water partition coefficient (Wildman–Crippen LogP) is 2.27. The van der Waals surface area contributed by atoms with E-state index in [1.54, 1.807) is 0 Å². The molecule has 0 aromatic heterocycles. The van der Waals surface area contributed by atoms with Crippen LogP contribution in [-0.4, -0.2) is 38.1 Å². The molecule has 1 aliphatic rings. The first-order valence-electron chi connectivity index (χ1n) is 9.54. The van der Waals surface area contributed by atoms with Crippen molar-refractivity contribution in [1.29, 1.82) is 0 Å². The van der Waals surface area contributed by atoms with Crippen LogP contribution in [-0.2, 0) is 16.1 Å². The zero-order chi connectivity index (χ0) is 18.8. The number of carbonyl (C=O) groups excluding carboxylic acids is 2. The molecule has 0 bridgehead atoms. The molecule has 3 N–H and O–H groups in total. The number of hydrogen-bond donors (Lipinski definition) is 3. The standard InChI is InChI=1S/C20H31N3O3.ClH/c1-3-22-20(25)14-26-18-8-4-6-16(11-18)12-23-19(24)10-15(2)17-7-5-9-21-13-17;/h4,6,8,11,15,17,21H,3,5,7,9-10,12-14H2,1-2H3,(H,22,25)(H,23,24);1H. The van der Waals surface area contributed by atoms with Crippen LogP contribution in [0, 0.1) is 11.8 Å². The molecule has 0 saturated carbocycles. The van der Waals surface area contributed by atoms with Crippen molar-refractivity contribution >= 4 is 24.2 Å². The molecule has 1 saturated heterocycles. The third kappa shape index (κ3) is 8.63. The summed E-state index contributed by atoms with van der Waals surface area (Å²) in [5, 5.41) is 9.08. The largest absolute Gasteiger partial charge is 0.484 e. The van der Waals surface area contributed by atoms with Crippen LogP contribution in [0.5, 0.6) is 5.75 Å². The average molecular weight is 398 g/mol. The molecule has 1 aromatic rings. The van der Waals surface area contributed by atoms with Gasteiger partial charge in [-0.05, 0) is 62.4 Å². The second-order valence-electron chi connectivity index (χ2n) is 6.95. The highest BCUT2D eigenvalue weighted by Gasteiger charge is 2.21. The molecule has 0 radical (unpaired) electrons. The second kappa shape index (κ2) is 12.6. The Bertz CT molecular complexity index is 592. The number of rotatable bonds is 9. The Labute approximate surface area is 168 Å². The number of likely N-dealkylation sites (N-methyl/N-ethyl adjacent to an activating group) is 1. The van der Waals surface area contributed by atoms with Crippen LogP contribution in [0.15, 0.2) is 24.3 Å². The molecular formula is C20H32ClN3O3. The summed E-state index contributed by atoms with van der Waals surface area (Å²) in [6.45, 7) is 7.18. The molecule has 0 aliphatic carbocycles. The van der Waals surface area contributed by atoms with E-state index in [4.69, 9.17) is 4.74 Å². The van der Waals surface area contributed by atoms with Gasteiger partial charge in [-0.15, -0.1) is 12.4 Å². The van der Waals surface area contributed by atoms with Crippen LogP contribution in [0.4, 0.5) is 0 Å². The van der Waals surface area contributed by atoms with Gasteiger partial charge in [0.2, 0.25) is 5.91 Å². The van der Waals surface area contributed by atoms with Gasteiger partial charge in [-0.2, -0.15) is 0 Å². The van der Waals surface area contributed by atoms with Crippen molar-refractivity contribution in [2.24, 2.45) is 11.8 Å². The topological polar surface area (TPSA) is 79.5 Å². The summed E-state index contributed by atoms with van der Waals surface area (Å²) in [6.07, 6.45) is 2.95. The van der Waals surface area contributed by atoms with E-state index < -0.39 is 0 Å². The van der Waals surface area contributed by atoms with Crippen molar-refractivity contribution in [3.63, 3.8) is 0 Å². The van der Waals surface area contributed by atoms with E-state index in [0.29, 0.717) is 37.1 Å². The number of hydrogen-bond acceptors (Lipinski definition) is 4. The summed E-state index contributed by atoms with van der Waals surface area (Å²) in [4.78, 5) is 23.7. The van der Waals surface area contributed by atoms with Crippen LogP contribution in [0.3, 0.4) is 0 Å². The van der Waals surface area contributed by atoms with E-state index in [9.17, 15) is 9.59 Å². The zero-order valence-electron chi connectivity index (χ0n) is 16.3. The van der Waals surface area contributed by atoms with Gasteiger partial charge < -0.3 is 20.7 Å². The van der Waals surface area contributed by atoms with Gasteiger partial charge in [0.1, 0.15) is 5.75 Å². The average Bonchev–Trinajstić information content (AvgIpc) is 2.66. The van der Waals surface area contributed by atoms with Crippen molar-refractivity contribution in [2.75, 3.05) is 26.2 Å². The first kappa shape index (κ1) is 23.2. The molecule has 27 heavy (non-hydrogen) atoms. The Balaban J connectivity index is 0.00000364. The Kier molecular flexibility index (Phi) is 10.8. The Morgan fingerprint density at radius 3 is 2.81 bits per heavy atom. The third-order valence-electron chi connectivity index (χ3n) is 4.78. The van der Waals surface area contributed by atoms with E-state index in [-0.39, 0.29) is 30.8 Å². The second-order valence-corrected chi connectivity index (χ2v) is 6.95. The summed E-state index contributed by atoms with van der Waals surface area (Å²) < 4.78 is 5.48. The molecule has 2 rings (SSSR count). The van der Waals surface area contributed by atoms with E-state index in [2.05, 4.69) is 22.9 Å². The quantitative estimate of drug-likeness (QED) is 0.597. The monoisotopic (exact) mass is 397 g/mol. The number of benzene rings is 1. The molecule has 6 nitrogen and oxygen atoms in total. The predicted molar refractivity (Wildman–Crippen MR) is 109 cm³/mol. The molecule has 152 valence electrons. The summed E-state index contributed by atoms with van der Waals surface area (Å²) in [5.41, 5.74) is 0.957. The zero-order valence-corrected chi connectivity index (χ0v) is 17.1. The van der Waals surface area contributed by atoms with Crippen LogP contribution in [0.2, 0.25) is 0 Å². The maximum atomic E-state index is 12.2. The molecule has 2 unspecified atom stereocenters. The molecule has 7 heteroatoms. The fourth-order valence-electron chi connectivity index (χ4n) is 3.24. The maximum absolute atomic E-state index is 12.2. The molecule has 2 amide bonds. The smallest absolute Gasteiger partial charge is 0.257 e. The molecule has 2 atom stereocenters. The fourth-order valence-corrected chi connectivity index (χ4v) is 3.24. The minimum absolute atomic E-state index is 0. The summed E-state index contributed by atoms with van der Waals surface area (Å²) >= 11 is 0. The van der Waals surface area contributed by atoms with Gasteiger partial charge in [0.25, 0.3) is 5.91 Å². The molecule has 1 aliphatic heterocycles. The number of piperidine rings is 1. The number of carbonyl (C=O) groups is 2. The molecule has 1 fully saturated rings. The number of nitrogens with one attached hydrogen (secondary N) is 3. The Morgan fingerprint density at radius 2 is 2.11 bits per heavy atom. The first-order chi connectivity index (χ1) is 12.6. The number of halogens is 1. The lowest BCUT2D eigenvalue weighted by atomic mass is 9.85. The molecular weight excluding hydrogens is 366 g/mol. The van der Waals surface area contributed by atoms with Gasteiger partial charge in [0.15, 0.2) is 6.61 Å². The van der Waals surface area contributed by atoms with Gasteiger partial charge in [0.05, 0.1) is 0 Å². The third-order valence-corrected chi connectivity index (χ3v) is 4.78. The van der Waals surface area contributed by atoms with E-state index in [1.807, 2.05) is 31.2 Å². The van der Waals surface area contributed by atoms with Gasteiger partial charge in [0, 0.05) is 19.5 Å². The van der Waals surface area contributed by atoms with Gasteiger partial charge in [-0.3, -0.25) is 9.59 Å². The van der Waals surface area contributed by atoms with Crippen molar-refractivity contribution in [3.05, 3.63) is 29.8 Å². The van der Waals surface area contributed by atoms with E-state index in [0.717, 1.165) is 18.7 Å². The Hall–Kier alpha value is -1.79. The highest BCUT2D eigenvalue weighted by atomic mass is 35.5. The van der Waals surface area contributed by atoms with Crippen molar-refractivity contribution in [1.82, 2.24) is 16.0 Å². The lowest BCUT2D eigenvalue weighted by Gasteiger charge is -2.28.